The molecule has 1 unspecified atom stereocenters. The van der Waals surface area contributed by atoms with E-state index in [4.69, 9.17) is 5.73 Å². The van der Waals surface area contributed by atoms with Crippen molar-refractivity contribution in [3.05, 3.63) is 0 Å². The van der Waals surface area contributed by atoms with Crippen LogP contribution in [0.2, 0.25) is 0 Å². The van der Waals surface area contributed by atoms with Crippen molar-refractivity contribution in [2.45, 2.75) is 31.3 Å². The average Bonchev–Trinajstić information content (AvgIpc) is 2.45. The second-order valence-electron chi connectivity index (χ2n) is 4.68. The van der Waals surface area contributed by atoms with Gasteiger partial charge in [-0.25, -0.2) is 0 Å². The molecule has 0 aromatic carbocycles. The molecule has 1 heterocycles. The SMILES string of the molecule is CN1CCC(NC(=O)C2CC(N)C2)C1. The Morgan fingerprint density at radius 2 is 2.21 bits per heavy atom. The van der Waals surface area contributed by atoms with E-state index in [2.05, 4.69) is 17.3 Å². The van der Waals surface area contributed by atoms with Crippen LogP contribution in [0.1, 0.15) is 19.3 Å². The summed E-state index contributed by atoms with van der Waals surface area (Å²) in [4.78, 5) is 13.9. The van der Waals surface area contributed by atoms with Crippen LogP contribution in [0, 0.1) is 5.92 Å². The molecule has 1 saturated heterocycles. The van der Waals surface area contributed by atoms with Gasteiger partial charge in [-0.05, 0) is 32.9 Å². The predicted octanol–water partition coefficient (Wildman–Crippen LogP) is -0.456. The molecule has 1 atom stereocenters. The van der Waals surface area contributed by atoms with Crippen molar-refractivity contribution < 1.29 is 4.79 Å². The number of carbonyl (C=O) groups is 1. The summed E-state index contributed by atoms with van der Waals surface area (Å²) in [5.74, 6) is 0.405. The Morgan fingerprint density at radius 1 is 1.50 bits per heavy atom. The van der Waals surface area contributed by atoms with Gasteiger partial charge in [0.25, 0.3) is 0 Å². The van der Waals surface area contributed by atoms with Crippen LogP contribution in [0.4, 0.5) is 0 Å². The Bertz CT molecular complexity index is 225. The number of hydrogen-bond acceptors (Lipinski definition) is 3. The number of likely N-dealkylation sites (N-methyl/N-ethyl adjacent to an activating group) is 1. The summed E-state index contributed by atoms with van der Waals surface area (Å²) in [6.07, 6.45) is 2.82. The fourth-order valence-electron chi connectivity index (χ4n) is 2.25. The minimum Gasteiger partial charge on any atom is -0.352 e. The Kier molecular flexibility index (Phi) is 2.74. The smallest absolute Gasteiger partial charge is 0.223 e. The van der Waals surface area contributed by atoms with E-state index in [1.807, 2.05) is 0 Å². The zero-order valence-electron chi connectivity index (χ0n) is 8.70. The van der Waals surface area contributed by atoms with Gasteiger partial charge in [0.15, 0.2) is 0 Å². The molecule has 0 spiro atoms. The molecule has 3 N–H and O–H groups in total. The summed E-state index contributed by atoms with van der Waals surface area (Å²) >= 11 is 0. The first kappa shape index (κ1) is 9.93. The molecule has 2 rings (SSSR count). The quantitative estimate of drug-likeness (QED) is 0.630. The monoisotopic (exact) mass is 197 g/mol. The Balaban J connectivity index is 1.72. The lowest BCUT2D eigenvalue weighted by molar-refractivity contribution is -0.128. The summed E-state index contributed by atoms with van der Waals surface area (Å²) in [6.45, 7) is 2.08. The van der Waals surface area contributed by atoms with Gasteiger partial charge in [-0.3, -0.25) is 4.79 Å². The molecule has 1 amide bonds. The number of nitrogens with one attached hydrogen (secondary N) is 1. The molecular weight excluding hydrogens is 178 g/mol. The van der Waals surface area contributed by atoms with E-state index in [1.165, 1.54) is 0 Å². The first-order valence-electron chi connectivity index (χ1n) is 5.39. The lowest BCUT2D eigenvalue weighted by atomic mass is 9.80. The maximum Gasteiger partial charge on any atom is 0.223 e. The Labute approximate surface area is 84.8 Å². The summed E-state index contributed by atoms with van der Waals surface area (Å²) in [7, 11) is 2.09. The Hall–Kier alpha value is -0.610. The van der Waals surface area contributed by atoms with E-state index < -0.39 is 0 Å². The van der Waals surface area contributed by atoms with Gasteiger partial charge in [-0.15, -0.1) is 0 Å². The highest BCUT2D eigenvalue weighted by molar-refractivity contribution is 5.80. The van der Waals surface area contributed by atoms with Gasteiger partial charge in [0.1, 0.15) is 0 Å². The minimum atomic E-state index is 0.191. The van der Waals surface area contributed by atoms with Crippen LogP contribution in [0.25, 0.3) is 0 Å². The number of nitrogens with two attached hydrogens (primary N) is 1. The molecule has 1 saturated carbocycles. The fourth-order valence-corrected chi connectivity index (χ4v) is 2.25. The summed E-state index contributed by atoms with van der Waals surface area (Å²) in [5.41, 5.74) is 5.65. The summed E-state index contributed by atoms with van der Waals surface area (Å²) < 4.78 is 0. The van der Waals surface area contributed by atoms with Gasteiger partial charge >= 0.3 is 0 Å². The van der Waals surface area contributed by atoms with Crippen LogP contribution in [0.5, 0.6) is 0 Å². The third-order valence-corrected chi connectivity index (χ3v) is 3.28. The van der Waals surface area contributed by atoms with Crippen LogP contribution in [0.3, 0.4) is 0 Å². The molecule has 80 valence electrons. The van der Waals surface area contributed by atoms with Crippen molar-refractivity contribution in [1.82, 2.24) is 10.2 Å². The van der Waals surface area contributed by atoms with Crippen LogP contribution >= 0.6 is 0 Å². The second kappa shape index (κ2) is 3.87. The molecule has 0 bridgehead atoms. The van der Waals surface area contributed by atoms with Crippen molar-refractivity contribution in [2.24, 2.45) is 11.7 Å². The topological polar surface area (TPSA) is 58.4 Å². The maximum atomic E-state index is 11.6. The fraction of sp³-hybridized carbons (Fsp3) is 0.900. The highest BCUT2D eigenvalue weighted by atomic mass is 16.2. The minimum absolute atomic E-state index is 0.191. The molecule has 0 aromatic heterocycles. The van der Waals surface area contributed by atoms with Crippen LogP contribution in [0.15, 0.2) is 0 Å². The van der Waals surface area contributed by atoms with Gasteiger partial charge in [-0.1, -0.05) is 0 Å². The van der Waals surface area contributed by atoms with E-state index in [0.29, 0.717) is 6.04 Å². The zero-order valence-corrected chi connectivity index (χ0v) is 8.70. The molecule has 1 aliphatic heterocycles. The number of amides is 1. The molecular formula is C10H19N3O. The van der Waals surface area contributed by atoms with E-state index in [-0.39, 0.29) is 17.9 Å². The normalized spacial score (nSPS) is 38.0. The third kappa shape index (κ3) is 2.07. The largest absolute Gasteiger partial charge is 0.352 e. The number of rotatable bonds is 2. The summed E-state index contributed by atoms with van der Waals surface area (Å²) in [5, 5.41) is 3.10. The number of nitrogens with zero attached hydrogens (tertiary/aromatic N) is 1. The van der Waals surface area contributed by atoms with Crippen LogP contribution in [-0.2, 0) is 4.79 Å². The lowest BCUT2D eigenvalue weighted by Gasteiger charge is -2.32. The van der Waals surface area contributed by atoms with Crippen molar-refractivity contribution in [3.63, 3.8) is 0 Å². The Morgan fingerprint density at radius 3 is 2.71 bits per heavy atom. The number of hydrogen-bond donors (Lipinski definition) is 2. The molecule has 0 aromatic rings. The van der Waals surface area contributed by atoms with Crippen molar-refractivity contribution in [3.8, 4) is 0 Å². The molecule has 4 heteroatoms. The predicted molar refractivity (Wildman–Crippen MR) is 54.7 cm³/mol. The summed E-state index contributed by atoms with van der Waals surface area (Å²) in [6, 6.07) is 0.626. The molecule has 0 radical (unpaired) electrons. The third-order valence-electron chi connectivity index (χ3n) is 3.28. The van der Waals surface area contributed by atoms with E-state index in [1.54, 1.807) is 0 Å². The molecule has 4 nitrogen and oxygen atoms in total. The molecule has 1 aliphatic carbocycles. The highest BCUT2D eigenvalue weighted by Gasteiger charge is 2.33. The van der Waals surface area contributed by atoms with Crippen molar-refractivity contribution in [2.75, 3.05) is 20.1 Å². The number of carbonyl (C=O) groups excluding carboxylic acids is 1. The maximum absolute atomic E-state index is 11.6. The van der Waals surface area contributed by atoms with Gasteiger partial charge in [0.2, 0.25) is 5.91 Å². The number of likely N-dealkylation sites (tertiary alicyclic amines) is 1. The standard InChI is InChI=1S/C10H19N3O/c1-13-3-2-9(6-13)12-10(14)7-4-8(11)5-7/h7-9H,2-6,11H2,1H3,(H,12,14). The first-order chi connectivity index (χ1) is 6.65. The van der Waals surface area contributed by atoms with Crippen LogP contribution < -0.4 is 11.1 Å². The lowest BCUT2D eigenvalue weighted by Crippen LogP contribution is -2.48. The highest BCUT2D eigenvalue weighted by Crippen LogP contribution is 2.25. The first-order valence-corrected chi connectivity index (χ1v) is 5.39. The van der Waals surface area contributed by atoms with Gasteiger partial charge < -0.3 is 16.0 Å². The van der Waals surface area contributed by atoms with Gasteiger partial charge in [0, 0.05) is 24.5 Å². The second-order valence-corrected chi connectivity index (χ2v) is 4.68. The molecule has 2 fully saturated rings. The molecule has 2 aliphatic rings. The van der Waals surface area contributed by atoms with Crippen molar-refractivity contribution >= 4 is 5.91 Å². The van der Waals surface area contributed by atoms with Gasteiger partial charge in [-0.2, -0.15) is 0 Å². The van der Waals surface area contributed by atoms with E-state index >= 15 is 0 Å². The van der Waals surface area contributed by atoms with Crippen molar-refractivity contribution in [1.29, 1.82) is 0 Å². The average molecular weight is 197 g/mol. The zero-order chi connectivity index (χ0) is 10.1. The van der Waals surface area contributed by atoms with E-state index in [0.717, 1.165) is 32.4 Å². The van der Waals surface area contributed by atoms with Gasteiger partial charge in [0.05, 0.1) is 0 Å². The molecule has 14 heavy (non-hydrogen) atoms. The van der Waals surface area contributed by atoms with E-state index in [9.17, 15) is 4.79 Å². The van der Waals surface area contributed by atoms with Crippen LogP contribution in [-0.4, -0.2) is 43.0 Å².